The van der Waals surface area contributed by atoms with E-state index in [1.165, 1.54) is 0 Å². The molecule has 2 aromatic carbocycles. The normalized spacial score (nSPS) is 16.7. The number of hydrogen-bond donors (Lipinski definition) is 0. The fraction of sp³-hybridized carbons (Fsp3) is 0.320. The van der Waals surface area contributed by atoms with Gasteiger partial charge in [-0.1, -0.05) is 32.0 Å². The van der Waals surface area contributed by atoms with Gasteiger partial charge in [0.05, 0.1) is 6.54 Å². The summed E-state index contributed by atoms with van der Waals surface area (Å²) in [6.07, 6.45) is 1.94. The smallest absolute Gasteiger partial charge is 0.287 e. The molecule has 2 aliphatic rings. The lowest BCUT2D eigenvalue weighted by Gasteiger charge is -2.22. The van der Waals surface area contributed by atoms with Crippen molar-refractivity contribution in [1.82, 2.24) is 14.9 Å². The van der Waals surface area contributed by atoms with Crippen LogP contribution in [0.15, 0.2) is 65.8 Å². The highest BCUT2D eigenvalue weighted by atomic mass is 16.5. The summed E-state index contributed by atoms with van der Waals surface area (Å²) in [5.41, 5.74) is 2.16. The van der Waals surface area contributed by atoms with Gasteiger partial charge in [-0.15, -0.1) is 0 Å². The van der Waals surface area contributed by atoms with E-state index in [1.54, 1.807) is 0 Å². The molecule has 0 saturated carbocycles. The molecule has 0 unspecified atom stereocenters. The van der Waals surface area contributed by atoms with Crippen molar-refractivity contribution < 1.29 is 9.47 Å². The number of rotatable bonds is 5. The molecule has 32 heavy (non-hydrogen) atoms. The largest absolute Gasteiger partial charge is 0.457 e. The topological polar surface area (TPSA) is 63.1 Å². The van der Waals surface area contributed by atoms with Crippen LogP contribution < -0.4 is 9.64 Å². The van der Waals surface area contributed by atoms with Crippen molar-refractivity contribution in [3.05, 3.63) is 72.2 Å². The van der Waals surface area contributed by atoms with Crippen LogP contribution in [-0.2, 0) is 16.8 Å². The summed E-state index contributed by atoms with van der Waals surface area (Å²) in [6, 6.07) is 18.6. The van der Waals surface area contributed by atoms with E-state index in [0.717, 1.165) is 48.2 Å². The van der Waals surface area contributed by atoms with E-state index in [9.17, 15) is 0 Å². The van der Waals surface area contributed by atoms with Crippen LogP contribution in [0.3, 0.4) is 0 Å². The fourth-order valence-corrected chi connectivity index (χ4v) is 4.05. The number of likely N-dealkylation sites (N-methyl/N-ethyl adjacent to an activating group) is 1. The standard InChI is InChI=1S/C25H27N5O2/c1-25(2)17-30(18-9-11-20(12-10-18)32-19-7-5-4-6-8-19)23-21(25)15-27-22(28-23)16-31-24-26-13-14-29(24)3/h4-12,15H,13-14,16-17H2,1-3H3. The van der Waals surface area contributed by atoms with Crippen molar-refractivity contribution in [3.8, 4) is 11.5 Å². The molecule has 164 valence electrons. The van der Waals surface area contributed by atoms with Crippen LogP contribution in [0.1, 0.15) is 25.2 Å². The molecule has 3 aromatic rings. The predicted molar refractivity (Wildman–Crippen MR) is 125 cm³/mol. The summed E-state index contributed by atoms with van der Waals surface area (Å²) < 4.78 is 11.8. The van der Waals surface area contributed by atoms with Gasteiger partial charge in [0.25, 0.3) is 6.02 Å². The average molecular weight is 430 g/mol. The third-order valence-corrected chi connectivity index (χ3v) is 5.82. The van der Waals surface area contributed by atoms with Crippen LogP contribution in [0.5, 0.6) is 11.5 Å². The number of aromatic nitrogens is 2. The highest BCUT2D eigenvalue weighted by Crippen LogP contribution is 2.43. The number of aliphatic imine (C=N–C) groups is 1. The number of para-hydroxylation sites is 1. The van der Waals surface area contributed by atoms with Gasteiger partial charge >= 0.3 is 0 Å². The van der Waals surface area contributed by atoms with Crippen LogP contribution in [-0.4, -0.2) is 47.6 Å². The van der Waals surface area contributed by atoms with Gasteiger partial charge < -0.3 is 19.3 Å². The average Bonchev–Trinajstić information content (AvgIpc) is 3.33. The van der Waals surface area contributed by atoms with E-state index in [1.807, 2.05) is 60.6 Å². The third-order valence-electron chi connectivity index (χ3n) is 5.82. The number of amidine groups is 1. The summed E-state index contributed by atoms with van der Waals surface area (Å²) in [4.78, 5) is 18.0. The first-order chi connectivity index (χ1) is 15.5. The SMILES string of the molecule is CN1CCN=C1OCc1ncc2c(n1)N(c1ccc(Oc3ccccc3)cc1)CC2(C)C. The van der Waals surface area contributed by atoms with Crippen molar-refractivity contribution in [2.24, 2.45) is 4.99 Å². The molecular weight excluding hydrogens is 402 g/mol. The zero-order valence-electron chi connectivity index (χ0n) is 18.7. The van der Waals surface area contributed by atoms with Gasteiger partial charge in [0.15, 0.2) is 12.4 Å². The van der Waals surface area contributed by atoms with Crippen LogP contribution in [0.2, 0.25) is 0 Å². The minimum atomic E-state index is -0.0519. The second-order valence-electron chi connectivity index (χ2n) is 8.78. The van der Waals surface area contributed by atoms with Gasteiger partial charge in [0.2, 0.25) is 0 Å². The van der Waals surface area contributed by atoms with E-state index in [0.29, 0.717) is 18.5 Å². The van der Waals surface area contributed by atoms with E-state index in [-0.39, 0.29) is 5.41 Å². The van der Waals surface area contributed by atoms with E-state index in [4.69, 9.17) is 14.5 Å². The molecule has 0 bridgehead atoms. The number of fused-ring (bicyclic) bond motifs is 1. The summed E-state index contributed by atoms with van der Waals surface area (Å²) >= 11 is 0. The Labute approximate surface area is 188 Å². The minimum Gasteiger partial charge on any atom is -0.457 e. The minimum absolute atomic E-state index is 0.0519. The van der Waals surface area contributed by atoms with E-state index >= 15 is 0 Å². The molecule has 0 radical (unpaired) electrons. The zero-order valence-corrected chi connectivity index (χ0v) is 18.7. The molecule has 0 aliphatic carbocycles. The summed E-state index contributed by atoms with van der Waals surface area (Å²) in [5.74, 6) is 3.21. The molecule has 1 aromatic heterocycles. The molecule has 0 atom stereocenters. The van der Waals surface area contributed by atoms with E-state index < -0.39 is 0 Å². The quantitative estimate of drug-likeness (QED) is 0.594. The van der Waals surface area contributed by atoms with Crippen molar-refractivity contribution in [2.45, 2.75) is 25.9 Å². The molecule has 0 fully saturated rings. The molecule has 2 aliphatic heterocycles. The molecule has 0 spiro atoms. The molecule has 5 rings (SSSR count). The number of hydrogen-bond acceptors (Lipinski definition) is 7. The number of benzene rings is 2. The maximum Gasteiger partial charge on any atom is 0.287 e. The lowest BCUT2D eigenvalue weighted by Crippen LogP contribution is -2.25. The summed E-state index contributed by atoms with van der Waals surface area (Å²) in [5, 5.41) is 0. The fourth-order valence-electron chi connectivity index (χ4n) is 4.05. The Hall–Kier alpha value is -3.61. The molecule has 7 heteroatoms. The van der Waals surface area contributed by atoms with Gasteiger partial charge in [-0.3, -0.25) is 0 Å². The molecule has 0 saturated heterocycles. The van der Waals surface area contributed by atoms with Crippen molar-refractivity contribution in [1.29, 1.82) is 0 Å². The van der Waals surface area contributed by atoms with Crippen molar-refractivity contribution >= 4 is 17.5 Å². The Morgan fingerprint density at radius 2 is 1.75 bits per heavy atom. The summed E-state index contributed by atoms with van der Waals surface area (Å²) in [6.45, 7) is 7.22. The highest BCUT2D eigenvalue weighted by molar-refractivity contribution is 5.75. The van der Waals surface area contributed by atoms with Crippen molar-refractivity contribution in [2.75, 3.05) is 31.6 Å². The Morgan fingerprint density at radius 1 is 1.00 bits per heavy atom. The van der Waals surface area contributed by atoms with Gasteiger partial charge in [-0.05, 0) is 36.4 Å². The maximum absolute atomic E-state index is 5.94. The third kappa shape index (κ3) is 3.98. The van der Waals surface area contributed by atoms with Gasteiger partial charge in [-0.25, -0.2) is 15.0 Å². The van der Waals surface area contributed by atoms with Crippen LogP contribution >= 0.6 is 0 Å². The van der Waals surface area contributed by atoms with Crippen LogP contribution in [0.25, 0.3) is 0 Å². The Morgan fingerprint density at radius 3 is 2.47 bits per heavy atom. The lowest BCUT2D eigenvalue weighted by molar-refractivity contribution is 0.239. The molecule has 7 nitrogen and oxygen atoms in total. The molecule has 3 heterocycles. The predicted octanol–water partition coefficient (Wildman–Crippen LogP) is 4.52. The van der Waals surface area contributed by atoms with Crippen LogP contribution in [0, 0.1) is 0 Å². The van der Waals surface area contributed by atoms with Gasteiger partial charge in [-0.2, -0.15) is 0 Å². The Balaban J connectivity index is 1.36. The second-order valence-corrected chi connectivity index (χ2v) is 8.78. The highest BCUT2D eigenvalue weighted by Gasteiger charge is 2.37. The lowest BCUT2D eigenvalue weighted by atomic mass is 9.89. The first-order valence-corrected chi connectivity index (χ1v) is 10.8. The first-order valence-electron chi connectivity index (χ1n) is 10.8. The molecule has 0 N–H and O–H groups in total. The van der Waals surface area contributed by atoms with E-state index in [2.05, 4.69) is 40.9 Å². The second kappa shape index (κ2) is 8.15. The summed E-state index contributed by atoms with van der Waals surface area (Å²) in [7, 11) is 1.98. The Kier molecular flexibility index (Phi) is 5.17. The Bertz CT molecular complexity index is 1130. The van der Waals surface area contributed by atoms with Gasteiger partial charge in [0, 0.05) is 43.0 Å². The number of anilines is 2. The monoisotopic (exact) mass is 429 g/mol. The first kappa shape index (κ1) is 20.3. The molecular formula is C25H27N5O2. The molecule has 0 amide bonds. The maximum atomic E-state index is 5.94. The van der Waals surface area contributed by atoms with Crippen molar-refractivity contribution in [3.63, 3.8) is 0 Å². The van der Waals surface area contributed by atoms with Crippen LogP contribution in [0.4, 0.5) is 11.5 Å². The van der Waals surface area contributed by atoms with Gasteiger partial charge in [0.1, 0.15) is 17.3 Å². The number of ether oxygens (including phenoxy) is 2. The number of nitrogens with zero attached hydrogens (tertiary/aromatic N) is 5. The zero-order chi connectivity index (χ0) is 22.1.